The van der Waals surface area contributed by atoms with Crippen molar-refractivity contribution in [3.63, 3.8) is 0 Å². The normalized spacial score (nSPS) is 26.3. The minimum absolute atomic E-state index is 0.164. The topological polar surface area (TPSA) is 39.7 Å². The van der Waals surface area contributed by atoms with Crippen LogP contribution in [0.3, 0.4) is 0 Å². The minimum atomic E-state index is 0.164. The Hall–Kier alpha value is -0.870. The number of aliphatic imine (C=N–C) groups is 1. The highest BCUT2D eigenvalue weighted by Crippen LogP contribution is 2.01. The molecule has 1 unspecified atom stereocenters. The largest absolute Gasteiger partial charge is 0.358 e. The maximum Gasteiger partial charge on any atom is 0.175 e. The fraction of sp³-hybridized carbons (Fsp3) is 0.700. The molecular formula is C10H20N4. The fourth-order valence-electron chi connectivity index (χ4n) is 1.49. The molecule has 0 radical (unpaired) electrons. The van der Waals surface area contributed by atoms with Crippen molar-refractivity contribution in [2.45, 2.75) is 20.1 Å². The van der Waals surface area contributed by atoms with E-state index in [1.165, 1.54) is 0 Å². The Morgan fingerprint density at radius 3 is 2.57 bits per heavy atom. The maximum absolute atomic E-state index is 4.33. The first-order valence-corrected chi connectivity index (χ1v) is 5.36. The zero-order valence-corrected chi connectivity index (χ0v) is 9.03. The van der Waals surface area contributed by atoms with Crippen LogP contribution < -0.4 is 10.6 Å². The lowest BCUT2D eigenvalue weighted by atomic mass is 10.3. The summed E-state index contributed by atoms with van der Waals surface area (Å²) in [6.07, 6.45) is 5.87. The first-order valence-electron chi connectivity index (χ1n) is 5.36. The summed E-state index contributed by atoms with van der Waals surface area (Å²) in [6, 6.07) is 0. The second-order valence-corrected chi connectivity index (χ2v) is 2.98. The van der Waals surface area contributed by atoms with Crippen LogP contribution in [0.4, 0.5) is 0 Å². The summed E-state index contributed by atoms with van der Waals surface area (Å²) in [5.74, 6) is 0. The summed E-state index contributed by atoms with van der Waals surface area (Å²) in [5, 5.41) is 6.52. The van der Waals surface area contributed by atoms with Gasteiger partial charge in [-0.3, -0.25) is 9.89 Å². The molecule has 1 fully saturated rings. The zero-order chi connectivity index (χ0) is 10.2. The van der Waals surface area contributed by atoms with Crippen LogP contribution in [-0.2, 0) is 0 Å². The van der Waals surface area contributed by atoms with Gasteiger partial charge in [-0.25, -0.2) is 0 Å². The standard InChI is InChI=1S/C8H14N4.C2H6/c1-2-10-8(11-3-1)12-6-4-9-5-7-12;1-2/h1-3,8-10H,4-7H2;1-2H3. The molecule has 2 N–H and O–H groups in total. The molecule has 0 bridgehead atoms. The molecule has 2 rings (SSSR count). The molecule has 0 aromatic heterocycles. The smallest absolute Gasteiger partial charge is 0.175 e. The Morgan fingerprint density at radius 1 is 1.29 bits per heavy atom. The summed E-state index contributed by atoms with van der Waals surface area (Å²) in [4.78, 5) is 6.66. The monoisotopic (exact) mass is 196 g/mol. The van der Waals surface area contributed by atoms with Gasteiger partial charge < -0.3 is 10.6 Å². The number of rotatable bonds is 1. The van der Waals surface area contributed by atoms with Crippen molar-refractivity contribution >= 4 is 6.21 Å². The third-order valence-electron chi connectivity index (χ3n) is 2.15. The molecular weight excluding hydrogens is 176 g/mol. The Kier molecular flexibility index (Phi) is 5.25. The number of hydrogen-bond donors (Lipinski definition) is 2. The summed E-state index contributed by atoms with van der Waals surface area (Å²) < 4.78 is 0. The van der Waals surface area contributed by atoms with Crippen LogP contribution >= 0.6 is 0 Å². The van der Waals surface area contributed by atoms with E-state index >= 15 is 0 Å². The number of piperazine rings is 1. The van der Waals surface area contributed by atoms with Crippen molar-refractivity contribution < 1.29 is 0 Å². The Morgan fingerprint density at radius 2 is 2.00 bits per heavy atom. The molecule has 0 saturated carbocycles. The molecule has 2 aliphatic heterocycles. The lowest BCUT2D eigenvalue weighted by Crippen LogP contribution is -2.52. The molecule has 2 heterocycles. The molecule has 4 heteroatoms. The third kappa shape index (κ3) is 3.12. The summed E-state index contributed by atoms with van der Waals surface area (Å²) in [6.45, 7) is 8.28. The van der Waals surface area contributed by atoms with E-state index in [4.69, 9.17) is 0 Å². The van der Waals surface area contributed by atoms with Crippen LogP contribution in [0.25, 0.3) is 0 Å². The maximum atomic E-state index is 4.33. The minimum Gasteiger partial charge on any atom is -0.358 e. The van der Waals surface area contributed by atoms with Crippen LogP contribution in [0.15, 0.2) is 17.3 Å². The molecule has 0 aromatic carbocycles. The van der Waals surface area contributed by atoms with E-state index in [0.717, 1.165) is 26.2 Å². The van der Waals surface area contributed by atoms with Crippen molar-refractivity contribution in [2.24, 2.45) is 4.99 Å². The van der Waals surface area contributed by atoms with E-state index in [2.05, 4.69) is 20.5 Å². The molecule has 2 aliphatic rings. The van der Waals surface area contributed by atoms with Crippen LogP contribution in [0.5, 0.6) is 0 Å². The van der Waals surface area contributed by atoms with E-state index in [9.17, 15) is 0 Å². The molecule has 0 spiro atoms. The predicted molar refractivity (Wildman–Crippen MR) is 60.3 cm³/mol. The van der Waals surface area contributed by atoms with Gasteiger partial charge in [0.05, 0.1) is 0 Å². The first-order chi connectivity index (χ1) is 6.97. The number of allylic oxidation sites excluding steroid dienone is 1. The molecule has 0 amide bonds. The van der Waals surface area contributed by atoms with Gasteiger partial charge >= 0.3 is 0 Å². The Bertz CT molecular complexity index is 194. The average Bonchev–Trinajstić information content (AvgIpc) is 2.34. The number of nitrogens with zero attached hydrogens (tertiary/aromatic N) is 2. The lowest BCUT2D eigenvalue weighted by Gasteiger charge is -2.33. The van der Waals surface area contributed by atoms with E-state index < -0.39 is 0 Å². The molecule has 0 aromatic rings. The molecule has 80 valence electrons. The van der Waals surface area contributed by atoms with Gasteiger partial charge in [0.1, 0.15) is 0 Å². The van der Waals surface area contributed by atoms with E-state index in [1.807, 2.05) is 32.3 Å². The number of hydrogen-bond acceptors (Lipinski definition) is 4. The van der Waals surface area contributed by atoms with Crippen molar-refractivity contribution in [3.05, 3.63) is 12.3 Å². The van der Waals surface area contributed by atoms with Crippen molar-refractivity contribution in [2.75, 3.05) is 26.2 Å². The second-order valence-electron chi connectivity index (χ2n) is 2.98. The van der Waals surface area contributed by atoms with E-state index in [0.29, 0.717) is 0 Å². The molecule has 4 nitrogen and oxygen atoms in total. The summed E-state index contributed by atoms with van der Waals surface area (Å²) >= 11 is 0. The van der Waals surface area contributed by atoms with Crippen LogP contribution in [0, 0.1) is 0 Å². The predicted octanol–water partition coefficient (Wildman–Crippen LogP) is 0.389. The lowest BCUT2D eigenvalue weighted by molar-refractivity contribution is 0.162. The van der Waals surface area contributed by atoms with E-state index in [1.54, 1.807) is 0 Å². The van der Waals surface area contributed by atoms with Crippen molar-refractivity contribution in [1.82, 2.24) is 15.5 Å². The quantitative estimate of drug-likeness (QED) is 0.637. The second kappa shape index (κ2) is 6.56. The molecule has 1 atom stereocenters. The van der Waals surface area contributed by atoms with Crippen molar-refractivity contribution in [1.29, 1.82) is 0 Å². The fourth-order valence-corrected chi connectivity index (χ4v) is 1.49. The van der Waals surface area contributed by atoms with Crippen LogP contribution in [0.1, 0.15) is 13.8 Å². The highest BCUT2D eigenvalue weighted by molar-refractivity contribution is 5.71. The van der Waals surface area contributed by atoms with Gasteiger partial charge in [0, 0.05) is 38.6 Å². The van der Waals surface area contributed by atoms with E-state index in [-0.39, 0.29) is 6.29 Å². The zero-order valence-electron chi connectivity index (χ0n) is 9.03. The molecule has 1 saturated heterocycles. The molecule has 14 heavy (non-hydrogen) atoms. The Balaban J connectivity index is 0.000000461. The van der Waals surface area contributed by atoms with Gasteiger partial charge in [0.15, 0.2) is 6.29 Å². The average molecular weight is 196 g/mol. The molecule has 0 aliphatic carbocycles. The number of nitrogens with one attached hydrogen (secondary N) is 2. The van der Waals surface area contributed by atoms with Gasteiger partial charge in [-0.05, 0) is 6.08 Å². The van der Waals surface area contributed by atoms with Gasteiger partial charge in [-0.1, -0.05) is 13.8 Å². The van der Waals surface area contributed by atoms with Gasteiger partial charge in [0.25, 0.3) is 0 Å². The van der Waals surface area contributed by atoms with Crippen molar-refractivity contribution in [3.8, 4) is 0 Å². The van der Waals surface area contributed by atoms with Crippen LogP contribution in [-0.4, -0.2) is 43.6 Å². The van der Waals surface area contributed by atoms with Gasteiger partial charge in [-0.2, -0.15) is 0 Å². The SMILES string of the molecule is C1=CNC(N2CCNCC2)N=C1.CC. The van der Waals surface area contributed by atoms with Crippen LogP contribution in [0.2, 0.25) is 0 Å². The first kappa shape index (κ1) is 11.2. The third-order valence-corrected chi connectivity index (χ3v) is 2.15. The summed E-state index contributed by atoms with van der Waals surface area (Å²) in [5.41, 5.74) is 0. The highest BCUT2D eigenvalue weighted by atomic mass is 15.4. The Labute approximate surface area is 86.1 Å². The van der Waals surface area contributed by atoms with Gasteiger partial charge in [0.2, 0.25) is 0 Å². The highest BCUT2D eigenvalue weighted by Gasteiger charge is 2.17. The van der Waals surface area contributed by atoms with Gasteiger partial charge in [-0.15, -0.1) is 0 Å². The summed E-state index contributed by atoms with van der Waals surface area (Å²) in [7, 11) is 0.